The molecule has 1 aromatic heterocycles. The Morgan fingerprint density at radius 2 is 2.05 bits per heavy atom. The first-order chi connectivity index (χ1) is 9.46. The average Bonchev–Trinajstić information content (AvgIpc) is 2.92. The van der Waals surface area contributed by atoms with Crippen molar-refractivity contribution in [3.05, 3.63) is 30.1 Å². The Morgan fingerprint density at radius 1 is 1.30 bits per heavy atom. The number of hydrogen-bond acceptors (Lipinski definition) is 3. The molecule has 1 aliphatic heterocycles. The van der Waals surface area contributed by atoms with E-state index in [-0.39, 0.29) is 12.0 Å². The van der Waals surface area contributed by atoms with Crippen molar-refractivity contribution in [1.29, 1.82) is 0 Å². The van der Waals surface area contributed by atoms with Gasteiger partial charge in [-0.25, -0.2) is 4.98 Å². The molecular weight excluding hydrogens is 271 g/mol. The van der Waals surface area contributed by atoms with Crippen LogP contribution in [-0.2, 0) is 11.3 Å². The highest BCUT2D eigenvalue weighted by molar-refractivity contribution is 5.76. The van der Waals surface area contributed by atoms with Crippen molar-refractivity contribution in [3.63, 3.8) is 0 Å². The number of alkyl halides is 3. The Kier molecular flexibility index (Phi) is 3.18. The van der Waals surface area contributed by atoms with E-state index in [9.17, 15) is 13.2 Å². The van der Waals surface area contributed by atoms with Crippen LogP contribution in [0, 0.1) is 0 Å². The van der Waals surface area contributed by atoms with Gasteiger partial charge in [-0.1, -0.05) is 12.1 Å². The highest BCUT2D eigenvalue weighted by Gasteiger charge is 2.35. The van der Waals surface area contributed by atoms with Crippen LogP contribution < -0.4 is 5.73 Å². The lowest BCUT2D eigenvalue weighted by Gasteiger charge is -2.17. The fourth-order valence-electron chi connectivity index (χ4n) is 2.56. The highest BCUT2D eigenvalue weighted by Crippen LogP contribution is 2.30. The Balaban J connectivity index is 2.12. The normalized spacial score (nSPS) is 23.6. The van der Waals surface area contributed by atoms with E-state index in [0.717, 1.165) is 0 Å². The molecule has 0 saturated carbocycles. The number of benzene rings is 1. The average molecular weight is 285 g/mol. The zero-order valence-corrected chi connectivity index (χ0v) is 10.6. The maximum atomic E-state index is 12.8. The van der Waals surface area contributed by atoms with Crippen LogP contribution in [0.25, 0.3) is 11.0 Å². The summed E-state index contributed by atoms with van der Waals surface area (Å²) in [6.45, 7) is -0.408. The monoisotopic (exact) mass is 285 g/mol. The lowest BCUT2D eigenvalue weighted by Crippen LogP contribution is -2.30. The zero-order chi connectivity index (χ0) is 14.3. The van der Waals surface area contributed by atoms with E-state index in [1.807, 2.05) is 0 Å². The molecule has 2 unspecified atom stereocenters. The van der Waals surface area contributed by atoms with Crippen molar-refractivity contribution in [1.82, 2.24) is 9.55 Å². The fraction of sp³-hybridized carbons (Fsp3) is 0.462. The van der Waals surface area contributed by atoms with Gasteiger partial charge in [0.05, 0.1) is 30.2 Å². The van der Waals surface area contributed by atoms with Crippen molar-refractivity contribution >= 4 is 11.0 Å². The van der Waals surface area contributed by atoms with Gasteiger partial charge >= 0.3 is 6.18 Å². The van der Waals surface area contributed by atoms with Crippen LogP contribution in [0.2, 0.25) is 0 Å². The minimum Gasteiger partial charge on any atom is -0.379 e. The Morgan fingerprint density at radius 3 is 2.70 bits per heavy atom. The van der Waals surface area contributed by atoms with Gasteiger partial charge in [0.25, 0.3) is 0 Å². The number of ether oxygens (including phenoxy) is 1. The molecule has 1 aliphatic rings. The molecule has 1 aromatic carbocycles. The van der Waals surface area contributed by atoms with Crippen molar-refractivity contribution in [3.8, 4) is 0 Å². The second-order valence-electron chi connectivity index (χ2n) is 4.97. The van der Waals surface area contributed by atoms with E-state index in [4.69, 9.17) is 10.5 Å². The summed E-state index contributed by atoms with van der Waals surface area (Å²) in [5.41, 5.74) is 6.92. The molecule has 2 heterocycles. The standard InChI is InChI=1S/C13H14F3N3O/c14-13(15,16)7-19-11-4-2-1-3-10(11)18-12(19)8-5-20-6-9(8)17/h1-4,8-9H,5-7,17H2. The van der Waals surface area contributed by atoms with Crippen LogP contribution in [0.15, 0.2) is 24.3 Å². The first-order valence-electron chi connectivity index (χ1n) is 6.31. The molecule has 2 atom stereocenters. The molecule has 0 spiro atoms. The second-order valence-corrected chi connectivity index (χ2v) is 4.97. The fourth-order valence-corrected chi connectivity index (χ4v) is 2.56. The van der Waals surface area contributed by atoms with Crippen LogP contribution in [0.4, 0.5) is 13.2 Å². The smallest absolute Gasteiger partial charge is 0.379 e. The van der Waals surface area contributed by atoms with E-state index >= 15 is 0 Å². The van der Waals surface area contributed by atoms with Gasteiger partial charge in [0.15, 0.2) is 0 Å². The number of aromatic nitrogens is 2. The number of nitrogens with zero attached hydrogens (tertiary/aromatic N) is 2. The van der Waals surface area contributed by atoms with Crippen molar-refractivity contribution in [2.24, 2.45) is 5.73 Å². The van der Waals surface area contributed by atoms with E-state index in [2.05, 4.69) is 4.98 Å². The molecule has 4 nitrogen and oxygen atoms in total. The van der Waals surface area contributed by atoms with Crippen molar-refractivity contribution in [2.75, 3.05) is 13.2 Å². The lowest BCUT2D eigenvalue weighted by molar-refractivity contribution is -0.140. The van der Waals surface area contributed by atoms with E-state index in [1.165, 1.54) is 4.57 Å². The van der Waals surface area contributed by atoms with Crippen molar-refractivity contribution < 1.29 is 17.9 Å². The second kappa shape index (κ2) is 4.75. The van der Waals surface area contributed by atoms with Gasteiger partial charge < -0.3 is 15.0 Å². The number of hydrogen-bond donors (Lipinski definition) is 1. The number of fused-ring (bicyclic) bond motifs is 1. The predicted molar refractivity (Wildman–Crippen MR) is 67.3 cm³/mol. The summed E-state index contributed by atoms with van der Waals surface area (Å²) >= 11 is 0. The van der Waals surface area contributed by atoms with Gasteiger partial charge in [-0.3, -0.25) is 0 Å². The summed E-state index contributed by atoms with van der Waals surface area (Å²) < 4.78 is 44.8. The molecule has 2 N–H and O–H groups in total. The number of para-hydroxylation sites is 2. The third-order valence-electron chi connectivity index (χ3n) is 3.48. The maximum Gasteiger partial charge on any atom is 0.406 e. The summed E-state index contributed by atoms with van der Waals surface area (Å²) in [5.74, 6) is 0.0540. The summed E-state index contributed by atoms with van der Waals surface area (Å²) in [4.78, 5) is 4.33. The molecule has 1 saturated heterocycles. The van der Waals surface area contributed by atoms with Gasteiger partial charge in [-0.05, 0) is 12.1 Å². The number of halogens is 3. The lowest BCUT2D eigenvalue weighted by atomic mass is 10.0. The SMILES string of the molecule is NC1COCC1c1nc2ccccc2n1CC(F)(F)F. The molecular formula is C13H14F3N3O. The Bertz CT molecular complexity index is 623. The molecule has 1 fully saturated rings. The first kappa shape index (κ1) is 13.4. The molecule has 7 heteroatoms. The quantitative estimate of drug-likeness (QED) is 0.918. The van der Waals surface area contributed by atoms with Gasteiger partial charge in [0.2, 0.25) is 0 Å². The van der Waals surface area contributed by atoms with Crippen LogP contribution in [0.3, 0.4) is 0 Å². The molecule has 3 rings (SSSR count). The van der Waals surface area contributed by atoms with Gasteiger partial charge in [-0.2, -0.15) is 13.2 Å². The van der Waals surface area contributed by atoms with Gasteiger partial charge in [0, 0.05) is 6.04 Å². The molecule has 0 amide bonds. The number of imidazole rings is 1. The van der Waals surface area contributed by atoms with Crippen LogP contribution in [0.1, 0.15) is 11.7 Å². The Hall–Kier alpha value is -1.60. The van der Waals surface area contributed by atoms with Gasteiger partial charge in [0.1, 0.15) is 12.4 Å². The summed E-state index contributed by atoms with van der Waals surface area (Å²) in [6, 6.07) is 6.47. The van der Waals surface area contributed by atoms with Crippen LogP contribution in [-0.4, -0.2) is 35.0 Å². The third kappa shape index (κ3) is 2.38. The molecule has 2 aromatic rings. The van der Waals surface area contributed by atoms with E-state index in [0.29, 0.717) is 30.1 Å². The number of nitrogens with two attached hydrogens (primary N) is 1. The minimum absolute atomic E-state index is 0.301. The van der Waals surface area contributed by atoms with E-state index < -0.39 is 12.7 Å². The minimum atomic E-state index is -4.30. The van der Waals surface area contributed by atoms with Crippen LogP contribution >= 0.6 is 0 Å². The molecule has 20 heavy (non-hydrogen) atoms. The maximum absolute atomic E-state index is 12.8. The first-order valence-corrected chi connectivity index (χ1v) is 6.31. The number of rotatable bonds is 2. The van der Waals surface area contributed by atoms with Gasteiger partial charge in [-0.15, -0.1) is 0 Å². The van der Waals surface area contributed by atoms with Crippen molar-refractivity contribution in [2.45, 2.75) is 24.7 Å². The highest BCUT2D eigenvalue weighted by atomic mass is 19.4. The predicted octanol–water partition coefficient (Wildman–Crippen LogP) is 2.04. The van der Waals surface area contributed by atoms with Crippen LogP contribution in [0.5, 0.6) is 0 Å². The molecule has 0 aliphatic carbocycles. The summed E-state index contributed by atoms with van der Waals surface area (Å²) in [5, 5.41) is 0. The largest absolute Gasteiger partial charge is 0.406 e. The third-order valence-corrected chi connectivity index (χ3v) is 3.48. The molecule has 0 radical (unpaired) electrons. The Labute approximate surface area is 113 Å². The summed E-state index contributed by atoms with van der Waals surface area (Å²) in [6.07, 6.45) is -4.30. The zero-order valence-electron chi connectivity index (χ0n) is 10.6. The molecule has 0 bridgehead atoms. The molecule has 108 valence electrons. The van der Waals surface area contributed by atoms with E-state index in [1.54, 1.807) is 24.3 Å². The summed E-state index contributed by atoms with van der Waals surface area (Å²) in [7, 11) is 0. The topological polar surface area (TPSA) is 53.1 Å².